The lowest BCUT2D eigenvalue weighted by molar-refractivity contribution is 0.00578. The predicted octanol–water partition coefficient (Wildman–Crippen LogP) is 7.23. The van der Waals surface area contributed by atoms with E-state index in [1.54, 1.807) is 0 Å². The fraction of sp³-hybridized carbons (Fsp3) is 0.438. The van der Waals surface area contributed by atoms with Gasteiger partial charge in [-0.25, -0.2) is 0 Å². The molecule has 2 aliphatic rings. The Morgan fingerprint density at radius 1 is 0.917 bits per heavy atom. The van der Waals surface area contributed by atoms with Crippen molar-refractivity contribution in [1.29, 1.82) is 0 Å². The summed E-state index contributed by atoms with van der Waals surface area (Å²) in [4.78, 5) is 0. The highest BCUT2D eigenvalue weighted by molar-refractivity contribution is 6.62. The number of rotatable bonds is 5. The van der Waals surface area contributed by atoms with Crippen molar-refractivity contribution in [1.82, 2.24) is 0 Å². The SMILES string of the molecule is Cc1cccc(CC(C)C)c1-c1cccc(C2CCc3cc(B4OC(C)(C)C(C)(C)O4)ccc3O2)c1. The van der Waals surface area contributed by atoms with Gasteiger partial charge in [0, 0.05) is 0 Å². The normalized spacial score (nSPS) is 20.3. The molecule has 2 aliphatic heterocycles. The Kier molecular flexibility index (Phi) is 6.55. The highest BCUT2D eigenvalue weighted by Crippen LogP contribution is 2.39. The van der Waals surface area contributed by atoms with Gasteiger partial charge in [-0.3, -0.25) is 0 Å². The van der Waals surface area contributed by atoms with Crippen LogP contribution in [0.15, 0.2) is 60.7 Å². The van der Waals surface area contributed by atoms with Crippen molar-refractivity contribution >= 4 is 12.6 Å². The first kappa shape index (κ1) is 25.1. The van der Waals surface area contributed by atoms with Gasteiger partial charge in [-0.05, 0) is 111 Å². The zero-order chi connectivity index (χ0) is 25.7. The van der Waals surface area contributed by atoms with Crippen LogP contribution in [0, 0.1) is 12.8 Å². The largest absolute Gasteiger partial charge is 0.494 e. The fourth-order valence-electron chi connectivity index (χ4n) is 5.41. The van der Waals surface area contributed by atoms with Gasteiger partial charge >= 0.3 is 7.12 Å². The molecule has 0 N–H and O–H groups in total. The van der Waals surface area contributed by atoms with Crippen LogP contribution in [-0.4, -0.2) is 18.3 Å². The van der Waals surface area contributed by atoms with E-state index in [2.05, 4.69) is 109 Å². The number of hydrogen-bond acceptors (Lipinski definition) is 3. The summed E-state index contributed by atoms with van der Waals surface area (Å²) < 4.78 is 19.1. The monoisotopic (exact) mass is 482 g/mol. The molecule has 1 saturated heterocycles. The summed E-state index contributed by atoms with van der Waals surface area (Å²) in [5.74, 6) is 1.59. The molecule has 0 aliphatic carbocycles. The highest BCUT2D eigenvalue weighted by atomic mass is 16.7. The summed E-state index contributed by atoms with van der Waals surface area (Å²) in [7, 11) is -0.344. The maximum atomic E-state index is 6.55. The van der Waals surface area contributed by atoms with Gasteiger partial charge in [0.2, 0.25) is 0 Å². The summed E-state index contributed by atoms with van der Waals surface area (Å²) in [5, 5.41) is 0. The van der Waals surface area contributed by atoms with Crippen molar-refractivity contribution in [2.24, 2.45) is 5.92 Å². The molecule has 0 spiro atoms. The van der Waals surface area contributed by atoms with Crippen LogP contribution in [0.4, 0.5) is 0 Å². The van der Waals surface area contributed by atoms with Crippen LogP contribution in [0.2, 0.25) is 0 Å². The van der Waals surface area contributed by atoms with Crippen molar-refractivity contribution in [2.45, 2.75) is 85.0 Å². The summed E-state index contributed by atoms with van der Waals surface area (Å²) >= 11 is 0. The third-order valence-corrected chi connectivity index (χ3v) is 8.09. The van der Waals surface area contributed by atoms with E-state index in [9.17, 15) is 0 Å². The maximum absolute atomic E-state index is 6.55. The second-order valence-corrected chi connectivity index (χ2v) is 11.9. The quantitative estimate of drug-likeness (QED) is 0.359. The first-order valence-corrected chi connectivity index (χ1v) is 13.4. The number of fused-ring (bicyclic) bond motifs is 1. The van der Waals surface area contributed by atoms with Gasteiger partial charge in [0.15, 0.2) is 0 Å². The van der Waals surface area contributed by atoms with E-state index in [1.165, 1.54) is 33.4 Å². The van der Waals surface area contributed by atoms with Gasteiger partial charge in [0.25, 0.3) is 0 Å². The number of hydrogen-bond donors (Lipinski definition) is 0. The Hall–Kier alpha value is -2.56. The van der Waals surface area contributed by atoms with E-state index < -0.39 is 0 Å². The lowest BCUT2D eigenvalue weighted by atomic mass is 9.77. The van der Waals surface area contributed by atoms with Crippen LogP contribution < -0.4 is 10.2 Å². The second-order valence-electron chi connectivity index (χ2n) is 11.9. The second kappa shape index (κ2) is 9.39. The van der Waals surface area contributed by atoms with Crippen molar-refractivity contribution in [3.63, 3.8) is 0 Å². The minimum Gasteiger partial charge on any atom is -0.485 e. The Bertz CT molecular complexity index is 1240. The minimum absolute atomic E-state index is 0.0534. The summed E-state index contributed by atoms with van der Waals surface area (Å²) in [6, 6.07) is 22.0. The molecule has 1 fully saturated rings. The molecule has 188 valence electrons. The molecule has 0 aromatic heterocycles. The van der Waals surface area contributed by atoms with Gasteiger partial charge in [-0.15, -0.1) is 0 Å². The lowest BCUT2D eigenvalue weighted by Gasteiger charge is -2.32. The van der Waals surface area contributed by atoms with Gasteiger partial charge < -0.3 is 14.0 Å². The molecule has 0 bridgehead atoms. The molecule has 0 radical (unpaired) electrons. The molecule has 1 atom stereocenters. The lowest BCUT2D eigenvalue weighted by Crippen LogP contribution is -2.41. The number of aryl methyl sites for hydroxylation is 2. The molecule has 3 aromatic rings. The van der Waals surface area contributed by atoms with Crippen LogP contribution in [0.1, 0.15) is 76.3 Å². The molecule has 0 saturated carbocycles. The molecule has 2 heterocycles. The van der Waals surface area contributed by atoms with E-state index in [0.29, 0.717) is 5.92 Å². The topological polar surface area (TPSA) is 27.7 Å². The highest BCUT2D eigenvalue weighted by Gasteiger charge is 2.51. The molecule has 3 nitrogen and oxygen atoms in total. The first-order chi connectivity index (χ1) is 17.0. The van der Waals surface area contributed by atoms with E-state index in [4.69, 9.17) is 14.0 Å². The molecule has 4 heteroatoms. The zero-order valence-electron chi connectivity index (χ0n) is 22.9. The van der Waals surface area contributed by atoms with Crippen molar-refractivity contribution in [2.75, 3.05) is 0 Å². The van der Waals surface area contributed by atoms with Crippen molar-refractivity contribution in [3.8, 4) is 16.9 Å². The molecule has 36 heavy (non-hydrogen) atoms. The molecule has 0 amide bonds. The third kappa shape index (κ3) is 4.74. The molecular weight excluding hydrogens is 443 g/mol. The average Bonchev–Trinajstić information content (AvgIpc) is 3.05. The Balaban J connectivity index is 1.38. The zero-order valence-corrected chi connectivity index (χ0v) is 22.9. The van der Waals surface area contributed by atoms with E-state index in [-0.39, 0.29) is 24.4 Å². The van der Waals surface area contributed by atoms with Crippen molar-refractivity contribution in [3.05, 3.63) is 82.9 Å². The maximum Gasteiger partial charge on any atom is 0.494 e. The van der Waals surface area contributed by atoms with Crippen LogP contribution in [0.3, 0.4) is 0 Å². The molecular formula is C32H39BO3. The standard InChI is InChI=1S/C32H39BO3/c1-21(2)18-25-12-8-10-22(3)30(25)26-13-9-11-23(19-26)28-16-14-24-20-27(15-17-29(24)34-28)33-35-31(4,5)32(6,7)36-33/h8-13,15,17,19-21,28H,14,16,18H2,1-7H3. The Morgan fingerprint density at radius 2 is 1.64 bits per heavy atom. The summed E-state index contributed by atoms with van der Waals surface area (Å²) in [6.07, 6.45) is 3.06. The predicted molar refractivity (Wildman–Crippen MR) is 149 cm³/mol. The van der Waals surface area contributed by atoms with Crippen LogP contribution >= 0.6 is 0 Å². The van der Waals surface area contributed by atoms with Gasteiger partial charge in [-0.2, -0.15) is 0 Å². The molecule has 1 unspecified atom stereocenters. The Morgan fingerprint density at radius 3 is 2.36 bits per heavy atom. The first-order valence-electron chi connectivity index (χ1n) is 13.4. The van der Waals surface area contributed by atoms with Crippen LogP contribution in [0.25, 0.3) is 11.1 Å². The third-order valence-electron chi connectivity index (χ3n) is 8.09. The average molecular weight is 482 g/mol. The van der Waals surface area contributed by atoms with Crippen LogP contribution in [0.5, 0.6) is 5.75 Å². The van der Waals surface area contributed by atoms with Gasteiger partial charge in [0.1, 0.15) is 11.9 Å². The van der Waals surface area contributed by atoms with Gasteiger partial charge in [-0.1, -0.05) is 62.4 Å². The van der Waals surface area contributed by atoms with Crippen LogP contribution in [-0.2, 0) is 22.2 Å². The summed E-state index contributed by atoms with van der Waals surface area (Å²) in [6.45, 7) is 15.2. The van der Waals surface area contributed by atoms with E-state index >= 15 is 0 Å². The van der Waals surface area contributed by atoms with Gasteiger partial charge in [0.05, 0.1) is 11.2 Å². The smallest absolute Gasteiger partial charge is 0.485 e. The van der Waals surface area contributed by atoms with Crippen molar-refractivity contribution < 1.29 is 14.0 Å². The molecule has 3 aromatic carbocycles. The fourth-order valence-corrected chi connectivity index (χ4v) is 5.41. The number of benzene rings is 3. The Labute approximate surface area is 217 Å². The number of ether oxygens (including phenoxy) is 1. The minimum atomic E-state index is -0.344. The van der Waals surface area contributed by atoms with E-state index in [0.717, 1.165) is 30.5 Å². The summed E-state index contributed by atoms with van der Waals surface area (Å²) in [5.41, 5.74) is 8.26. The molecule has 5 rings (SSSR count). The van der Waals surface area contributed by atoms with E-state index in [1.807, 2.05) is 0 Å².